The Kier molecular flexibility index (Phi) is 6.27. The predicted molar refractivity (Wildman–Crippen MR) is 135 cm³/mol. The van der Waals surface area contributed by atoms with Crippen molar-refractivity contribution in [3.8, 4) is 21.9 Å². The van der Waals surface area contributed by atoms with Crippen molar-refractivity contribution in [1.29, 1.82) is 0 Å². The number of rotatable bonds is 8. The maximum absolute atomic E-state index is 13.4. The zero-order valence-corrected chi connectivity index (χ0v) is 19.7. The van der Waals surface area contributed by atoms with Crippen LogP contribution < -0.4 is 11.1 Å². The first-order valence-corrected chi connectivity index (χ1v) is 11.9. The highest BCUT2D eigenvalue weighted by Crippen LogP contribution is 2.39. The second-order valence-electron chi connectivity index (χ2n) is 8.43. The fourth-order valence-corrected chi connectivity index (χ4v) is 4.82. The Hall–Kier alpha value is -3.69. The third-order valence-corrected chi connectivity index (χ3v) is 6.73. The van der Waals surface area contributed by atoms with Crippen LogP contribution in [0.4, 0.5) is 13.9 Å². The molecule has 0 radical (unpaired) electrons. The van der Waals surface area contributed by atoms with Gasteiger partial charge >= 0.3 is 0 Å². The predicted octanol–water partition coefficient (Wildman–Crippen LogP) is 6.11. The van der Waals surface area contributed by atoms with Gasteiger partial charge in [-0.15, -0.1) is 0 Å². The maximum atomic E-state index is 13.4. The molecule has 0 unspecified atom stereocenters. The Morgan fingerprint density at radius 3 is 2.63 bits per heavy atom. The number of pyridine rings is 1. The number of nitrogens with two attached hydrogens (primary N) is 1. The molecule has 5 rings (SSSR count). The standard InChI is InChI=1S/C26H23F2N5OS/c1-26(27,28)20-6-2-16(3-7-20)10-21(29)13-32-25-33-23(22-14-31-15-34-22)24(35-25)18-4-5-19-12-30-9-8-17(19)11-18/h2-9,11-12,14-15,21H,10,13,29H2,1H3,(H,32,33)/t21-/m0/s1. The number of nitrogens with one attached hydrogen (secondary N) is 1. The Balaban J connectivity index is 1.34. The van der Waals surface area contributed by atoms with Gasteiger partial charge in [0.05, 0.1) is 11.1 Å². The molecule has 9 heteroatoms. The Morgan fingerprint density at radius 1 is 1.06 bits per heavy atom. The van der Waals surface area contributed by atoms with Crippen LogP contribution in [0.3, 0.4) is 0 Å². The van der Waals surface area contributed by atoms with Crippen LogP contribution in [0.2, 0.25) is 0 Å². The minimum absolute atomic E-state index is 0.00633. The Morgan fingerprint density at radius 2 is 1.89 bits per heavy atom. The minimum Gasteiger partial charge on any atom is -0.442 e. The number of oxazole rings is 1. The van der Waals surface area contributed by atoms with E-state index in [1.165, 1.54) is 29.9 Å². The van der Waals surface area contributed by atoms with Gasteiger partial charge < -0.3 is 15.5 Å². The average molecular weight is 492 g/mol. The SMILES string of the molecule is CC(F)(F)c1ccc(C[C@H](N)CNc2nc(-c3cnco3)c(-c3ccc4cnccc4c3)s2)cc1. The summed E-state index contributed by atoms with van der Waals surface area (Å²) in [5.41, 5.74) is 8.93. The van der Waals surface area contributed by atoms with Crippen molar-refractivity contribution in [2.75, 3.05) is 11.9 Å². The molecule has 178 valence electrons. The molecule has 0 aliphatic carbocycles. The zero-order valence-electron chi connectivity index (χ0n) is 18.9. The van der Waals surface area contributed by atoms with Gasteiger partial charge in [0.15, 0.2) is 17.3 Å². The van der Waals surface area contributed by atoms with Crippen molar-refractivity contribution in [1.82, 2.24) is 15.0 Å². The Bertz CT molecular complexity index is 1430. The maximum Gasteiger partial charge on any atom is 0.270 e. The molecule has 0 fully saturated rings. The first kappa shape index (κ1) is 23.1. The van der Waals surface area contributed by atoms with Gasteiger partial charge in [0.2, 0.25) is 0 Å². The molecule has 2 aromatic carbocycles. The van der Waals surface area contributed by atoms with E-state index in [4.69, 9.17) is 15.1 Å². The van der Waals surface area contributed by atoms with Crippen molar-refractivity contribution in [2.24, 2.45) is 5.73 Å². The van der Waals surface area contributed by atoms with Crippen LogP contribution >= 0.6 is 11.3 Å². The van der Waals surface area contributed by atoms with Gasteiger partial charge in [-0.05, 0) is 35.1 Å². The van der Waals surface area contributed by atoms with Gasteiger partial charge in [0.1, 0.15) is 5.69 Å². The number of aromatic nitrogens is 3. The van der Waals surface area contributed by atoms with Gasteiger partial charge in [-0.3, -0.25) is 4.98 Å². The summed E-state index contributed by atoms with van der Waals surface area (Å²) in [5, 5.41) is 6.17. The summed E-state index contributed by atoms with van der Waals surface area (Å²) < 4.78 is 32.4. The number of fused-ring (bicyclic) bond motifs is 1. The second kappa shape index (κ2) is 9.52. The molecule has 3 heterocycles. The molecule has 3 N–H and O–H groups in total. The number of thiazole rings is 1. The van der Waals surface area contributed by atoms with Crippen LogP contribution in [0.25, 0.3) is 32.7 Å². The van der Waals surface area contributed by atoms with E-state index in [1.807, 2.05) is 24.4 Å². The first-order chi connectivity index (χ1) is 16.9. The van der Waals surface area contributed by atoms with Crippen LogP contribution in [-0.4, -0.2) is 27.5 Å². The molecule has 0 amide bonds. The van der Waals surface area contributed by atoms with Gasteiger partial charge in [-0.1, -0.05) is 47.7 Å². The summed E-state index contributed by atoms with van der Waals surface area (Å²) in [7, 11) is 0. The highest BCUT2D eigenvalue weighted by Gasteiger charge is 2.24. The Labute approximate surface area is 204 Å². The lowest BCUT2D eigenvalue weighted by atomic mass is 10.0. The lowest BCUT2D eigenvalue weighted by molar-refractivity contribution is 0.0174. The molecule has 0 saturated heterocycles. The van der Waals surface area contributed by atoms with Crippen LogP contribution in [0.1, 0.15) is 18.1 Å². The number of hydrogen-bond acceptors (Lipinski definition) is 7. The molecule has 0 bridgehead atoms. The van der Waals surface area contributed by atoms with Crippen molar-refractivity contribution in [3.63, 3.8) is 0 Å². The fraction of sp³-hybridized carbons (Fsp3) is 0.192. The summed E-state index contributed by atoms with van der Waals surface area (Å²) in [4.78, 5) is 13.9. The second-order valence-corrected chi connectivity index (χ2v) is 9.43. The number of hydrogen-bond donors (Lipinski definition) is 2. The van der Waals surface area contributed by atoms with Crippen molar-refractivity contribution < 1.29 is 13.2 Å². The molecular formula is C26H23F2N5OS. The summed E-state index contributed by atoms with van der Waals surface area (Å²) in [6.45, 7) is 1.36. The van der Waals surface area contributed by atoms with E-state index in [9.17, 15) is 8.78 Å². The third kappa shape index (κ3) is 5.21. The number of anilines is 1. The summed E-state index contributed by atoms with van der Waals surface area (Å²) in [5.74, 6) is -2.27. The highest BCUT2D eigenvalue weighted by molar-refractivity contribution is 7.19. The molecule has 1 atom stereocenters. The highest BCUT2D eigenvalue weighted by atomic mass is 32.1. The van der Waals surface area contributed by atoms with E-state index in [-0.39, 0.29) is 11.6 Å². The van der Waals surface area contributed by atoms with Crippen molar-refractivity contribution in [2.45, 2.75) is 25.3 Å². The summed E-state index contributed by atoms with van der Waals surface area (Å²) >= 11 is 1.51. The van der Waals surface area contributed by atoms with Crippen molar-refractivity contribution in [3.05, 3.63) is 84.6 Å². The molecule has 0 spiro atoms. The summed E-state index contributed by atoms with van der Waals surface area (Å²) in [6.07, 6.45) is 7.18. The van der Waals surface area contributed by atoms with Gasteiger partial charge in [-0.2, -0.15) is 0 Å². The monoisotopic (exact) mass is 491 g/mol. The van der Waals surface area contributed by atoms with Gasteiger partial charge in [-0.25, -0.2) is 18.7 Å². The normalized spacial score (nSPS) is 12.7. The summed E-state index contributed by atoms with van der Waals surface area (Å²) in [6, 6.07) is 14.2. The molecule has 6 nitrogen and oxygen atoms in total. The number of nitrogens with zero attached hydrogens (tertiary/aromatic N) is 3. The molecule has 3 aromatic heterocycles. The largest absolute Gasteiger partial charge is 0.442 e. The topological polar surface area (TPSA) is 89.9 Å². The number of alkyl halides is 2. The molecular weight excluding hydrogens is 468 g/mol. The fourth-order valence-electron chi connectivity index (χ4n) is 3.84. The zero-order chi connectivity index (χ0) is 24.4. The smallest absolute Gasteiger partial charge is 0.270 e. The lowest BCUT2D eigenvalue weighted by Crippen LogP contribution is -2.31. The van der Waals surface area contributed by atoms with Crippen LogP contribution in [-0.2, 0) is 12.3 Å². The number of benzene rings is 2. The number of halogens is 2. The minimum atomic E-state index is -2.85. The quantitative estimate of drug-likeness (QED) is 0.272. The van der Waals surface area contributed by atoms with Crippen LogP contribution in [0.5, 0.6) is 0 Å². The van der Waals surface area contributed by atoms with Crippen LogP contribution in [0, 0.1) is 0 Å². The molecule has 0 aliphatic heterocycles. The van der Waals surface area contributed by atoms with Gasteiger partial charge in [0.25, 0.3) is 5.92 Å². The van der Waals surface area contributed by atoms with E-state index < -0.39 is 5.92 Å². The van der Waals surface area contributed by atoms with E-state index >= 15 is 0 Å². The molecule has 5 aromatic rings. The molecule has 0 aliphatic rings. The van der Waals surface area contributed by atoms with E-state index in [0.29, 0.717) is 29.6 Å². The third-order valence-electron chi connectivity index (χ3n) is 5.67. The van der Waals surface area contributed by atoms with Gasteiger partial charge in [0, 0.05) is 42.9 Å². The van der Waals surface area contributed by atoms with Crippen molar-refractivity contribution >= 4 is 27.2 Å². The van der Waals surface area contributed by atoms with Crippen LogP contribution in [0.15, 0.2) is 77.9 Å². The lowest BCUT2D eigenvalue weighted by Gasteiger charge is -2.14. The van der Waals surface area contributed by atoms with E-state index in [1.54, 1.807) is 24.5 Å². The molecule has 35 heavy (non-hydrogen) atoms. The van der Waals surface area contributed by atoms with E-state index in [0.717, 1.165) is 33.7 Å². The van der Waals surface area contributed by atoms with E-state index in [2.05, 4.69) is 21.4 Å². The average Bonchev–Trinajstić information content (AvgIpc) is 3.52. The molecule has 0 saturated carbocycles. The first-order valence-electron chi connectivity index (χ1n) is 11.1.